The van der Waals surface area contributed by atoms with Gasteiger partial charge in [0, 0.05) is 57.6 Å². The molecule has 4 aliphatic rings. The summed E-state index contributed by atoms with van der Waals surface area (Å²) in [5, 5.41) is 51.2. The number of hydrogen-bond donors (Lipinski definition) is 5. The first-order valence-corrected chi connectivity index (χ1v) is 30.1. The molecule has 2 heterocycles. The molecule has 14 heteroatoms. The van der Waals surface area contributed by atoms with E-state index in [4.69, 9.17) is 0 Å². The molecule has 5 N–H and O–H groups in total. The van der Waals surface area contributed by atoms with E-state index in [0.29, 0.717) is 23.3 Å². The zero-order valence-corrected chi connectivity index (χ0v) is 52.8. The Morgan fingerprint density at radius 3 is 1.48 bits per heavy atom. The van der Waals surface area contributed by atoms with Gasteiger partial charge < -0.3 is 35.3 Å². The van der Waals surface area contributed by atoms with Crippen molar-refractivity contribution < 1.29 is 35.1 Å². The van der Waals surface area contributed by atoms with Gasteiger partial charge in [-0.1, -0.05) is 168 Å². The smallest absolute Gasteiger partial charge is 0.219 e. The van der Waals surface area contributed by atoms with Gasteiger partial charge in [-0.15, -0.1) is 0 Å². The summed E-state index contributed by atoms with van der Waals surface area (Å²) in [6.45, 7) is 34.1. The molecule has 2 fully saturated rings. The molecule has 0 aromatic heterocycles. The highest BCUT2D eigenvalue weighted by atomic mass is 127. The molecule has 2 amide bonds. The van der Waals surface area contributed by atoms with Gasteiger partial charge in [-0.05, 0) is 162 Å². The van der Waals surface area contributed by atoms with Crippen LogP contribution in [0.1, 0.15) is 126 Å². The van der Waals surface area contributed by atoms with Crippen LogP contribution in [-0.2, 0) is 22.4 Å². The largest absolute Gasteiger partial charge is 0.508 e. The van der Waals surface area contributed by atoms with E-state index in [1.165, 1.54) is 24.1 Å². The monoisotopic (exact) mass is 1490 g/mol. The maximum absolute atomic E-state index is 11.4. The van der Waals surface area contributed by atoms with Crippen molar-refractivity contribution in [1.82, 2.24) is 9.80 Å². The van der Waals surface area contributed by atoms with E-state index >= 15 is 0 Å². The lowest BCUT2D eigenvalue weighted by molar-refractivity contribution is -0.135. The fraction of sp³-hybridized carbons (Fsp3) is 0.585. The number of aliphatic hydroxyl groups is 1. The van der Waals surface area contributed by atoms with E-state index in [1.54, 1.807) is 18.7 Å². The number of benzene rings is 2. The minimum absolute atomic E-state index is 0.0467. The molecule has 2 aromatic carbocycles. The number of allylic oxidation sites excluding steroid dienone is 5. The number of phenols is 4. The van der Waals surface area contributed by atoms with Gasteiger partial charge in [-0.3, -0.25) is 9.59 Å². The third kappa shape index (κ3) is 20.7. The predicted molar refractivity (Wildman–Crippen MR) is 324 cm³/mol. The van der Waals surface area contributed by atoms with Crippen LogP contribution < -0.4 is 0 Å². The molecule has 378 valence electrons. The van der Waals surface area contributed by atoms with Crippen molar-refractivity contribution in [3.63, 3.8) is 0 Å². The highest BCUT2D eigenvalue weighted by molar-refractivity contribution is 14.2. The quantitative estimate of drug-likeness (QED) is 0.106. The van der Waals surface area contributed by atoms with Crippen LogP contribution in [0.25, 0.3) is 0 Å². The molecular weight excluding hydrogens is 1410 g/mol. The third-order valence-electron chi connectivity index (χ3n) is 12.9. The van der Waals surface area contributed by atoms with Crippen molar-refractivity contribution in [2.75, 3.05) is 33.0 Å². The summed E-state index contributed by atoms with van der Waals surface area (Å²) in [6.07, 6.45) is 11.6. The Hall–Kier alpha value is -0.850. The summed E-state index contributed by atoms with van der Waals surface area (Å²) < 4.78 is 3.18. The second-order valence-corrected chi connectivity index (χ2v) is 30.7. The van der Waals surface area contributed by atoms with Crippen LogP contribution in [0.5, 0.6) is 23.0 Å². The van der Waals surface area contributed by atoms with Crippen molar-refractivity contribution >= 4 is 125 Å². The summed E-state index contributed by atoms with van der Waals surface area (Å²) in [4.78, 5) is 26.2. The van der Waals surface area contributed by atoms with Crippen LogP contribution in [0, 0.1) is 51.4 Å². The van der Waals surface area contributed by atoms with Crippen LogP contribution in [0.15, 0.2) is 54.2 Å². The van der Waals surface area contributed by atoms with Gasteiger partial charge in [0.1, 0.15) is 23.0 Å². The Morgan fingerprint density at radius 1 is 0.761 bits per heavy atom. The first kappa shape index (κ1) is 64.2. The Balaban J connectivity index is 0.000000490. The van der Waals surface area contributed by atoms with Crippen molar-refractivity contribution in [1.29, 1.82) is 0 Å². The molecule has 67 heavy (non-hydrogen) atoms. The highest BCUT2D eigenvalue weighted by Crippen LogP contribution is 2.49. The second kappa shape index (κ2) is 30.9. The van der Waals surface area contributed by atoms with E-state index < -0.39 is 5.60 Å². The van der Waals surface area contributed by atoms with E-state index in [9.17, 15) is 35.1 Å². The Labute approximate surface area is 472 Å². The Morgan fingerprint density at radius 2 is 1.15 bits per heavy atom. The maximum atomic E-state index is 11.4. The number of likely N-dealkylation sites (tertiary alicyclic amines) is 2. The van der Waals surface area contributed by atoms with Gasteiger partial charge in [0.05, 0.1) is 9.97 Å². The van der Waals surface area contributed by atoms with Crippen molar-refractivity contribution in [2.24, 2.45) is 23.7 Å². The SMILES string of the molecule is C=C(C)C1C=CC(C)(O)CC1.C=C(C)C1CCC(C)=CC1c1c(O)c(C)c(CC2CN(C(C)=O)C2)c(C)c1O.CC(=O)N1CC(Cc2c(C)c(O)cc(O)c2C)C1.CC(I)I.CCI.ICI. The van der Waals surface area contributed by atoms with Gasteiger partial charge in [0.25, 0.3) is 0 Å². The van der Waals surface area contributed by atoms with E-state index in [-0.39, 0.29) is 46.6 Å². The average molecular weight is 1490 g/mol. The molecule has 0 radical (unpaired) electrons. The maximum Gasteiger partial charge on any atom is 0.219 e. The third-order valence-corrected chi connectivity index (χ3v) is 12.9. The molecule has 0 saturated carbocycles. The zero-order valence-electron chi connectivity index (χ0n) is 42.0. The van der Waals surface area contributed by atoms with Gasteiger partial charge in [0.15, 0.2) is 0 Å². The number of amides is 2. The van der Waals surface area contributed by atoms with Crippen molar-refractivity contribution in [3.8, 4) is 23.0 Å². The minimum Gasteiger partial charge on any atom is -0.508 e. The van der Waals surface area contributed by atoms with Crippen molar-refractivity contribution in [2.45, 2.75) is 135 Å². The molecule has 6 rings (SSSR count). The lowest BCUT2D eigenvalue weighted by Gasteiger charge is -2.39. The second-order valence-electron chi connectivity index (χ2n) is 18.6. The molecular formula is C53H79I5N2O7. The van der Waals surface area contributed by atoms with Crippen LogP contribution in [0.2, 0.25) is 0 Å². The lowest BCUT2D eigenvalue weighted by Crippen LogP contribution is -2.49. The van der Waals surface area contributed by atoms with Crippen LogP contribution in [-0.4, -0.2) is 87.7 Å². The number of halogens is 5. The minimum atomic E-state index is -0.577. The predicted octanol–water partition coefficient (Wildman–Crippen LogP) is 14.2. The summed E-state index contributed by atoms with van der Waals surface area (Å²) >= 11 is 11.5. The van der Waals surface area contributed by atoms with Gasteiger partial charge in [-0.25, -0.2) is 0 Å². The van der Waals surface area contributed by atoms with E-state index in [2.05, 4.69) is 159 Å². The Kier molecular flexibility index (Phi) is 29.6. The van der Waals surface area contributed by atoms with Gasteiger partial charge in [-0.2, -0.15) is 0 Å². The molecule has 0 spiro atoms. The number of aromatic hydroxyl groups is 4. The first-order chi connectivity index (χ1) is 31.1. The molecule has 2 saturated heterocycles. The Bertz CT molecular complexity index is 1980. The molecule has 0 bridgehead atoms. The van der Waals surface area contributed by atoms with Crippen LogP contribution in [0.4, 0.5) is 0 Å². The normalized spacial score (nSPS) is 20.8. The number of carbonyl (C=O) groups is 2. The highest BCUT2D eigenvalue weighted by Gasteiger charge is 2.35. The summed E-state index contributed by atoms with van der Waals surface area (Å²) in [7, 11) is 0. The molecule has 4 unspecified atom stereocenters. The number of phenolic OH excluding ortho intramolecular Hbond substituents is 4. The molecule has 4 atom stereocenters. The topological polar surface area (TPSA) is 142 Å². The van der Waals surface area contributed by atoms with E-state index in [1.807, 2.05) is 59.4 Å². The molecule has 2 aliphatic carbocycles. The first-order valence-electron chi connectivity index (χ1n) is 23.0. The molecule has 2 aromatic rings. The summed E-state index contributed by atoms with van der Waals surface area (Å²) in [5.41, 5.74) is 9.00. The molecule has 2 aliphatic heterocycles. The standard InChI is InChI=1S/C24H33NO3.C14H19NO3.C10H16O.C2H4I2.C2H5I.CH2I2/c1-13(2)19-8-7-14(3)9-21(19)22-23(27)15(4)20(16(5)24(22)28)10-18-11-25(12-18)17(6)26;1-8-12(9(2)14(18)5-13(8)17)4-11-6-15(7-11)10(3)16;1-8(2)9-4-6-10(3,11)7-5-9;1-2(3)4;1-2-3;2-1-3/h9,18-19,21,27-28H,1,7-8,10-12H2,2-6H3;5,11,17-18H,4,6-7H2,1-3H3;4,6,9,11H,1,5,7H2,2-3H3;2H,1H3;2H2,1H3;1H2. The zero-order chi connectivity index (χ0) is 51.7. The number of alkyl halides is 5. The fourth-order valence-electron chi connectivity index (χ4n) is 8.70. The van der Waals surface area contributed by atoms with Gasteiger partial charge >= 0.3 is 0 Å². The molecule has 9 nitrogen and oxygen atoms in total. The van der Waals surface area contributed by atoms with Gasteiger partial charge in [0.2, 0.25) is 11.8 Å². The number of rotatable bonds is 7. The number of hydrogen-bond acceptors (Lipinski definition) is 7. The van der Waals surface area contributed by atoms with Crippen LogP contribution in [0.3, 0.4) is 0 Å². The summed E-state index contributed by atoms with van der Waals surface area (Å²) in [6, 6.07) is 1.39. The van der Waals surface area contributed by atoms with Crippen LogP contribution >= 0.6 is 113 Å². The van der Waals surface area contributed by atoms with Crippen molar-refractivity contribution in [3.05, 3.63) is 93.1 Å². The van der Waals surface area contributed by atoms with E-state index in [0.717, 1.165) is 106 Å². The lowest BCUT2D eigenvalue weighted by atomic mass is 9.72. The number of carbonyl (C=O) groups excluding carboxylic acids is 2. The average Bonchev–Trinajstić information content (AvgIpc) is 3.18. The fourth-order valence-corrected chi connectivity index (χ4v) is 8.70. The number of nitrogens with zero attached hydrogens (tertiary/aromatic N) is 2. The summed E-state index contributed by atoms with van der Waals surface area (Å²) in [5.74, 6) is 2.37.